The first-order chi connectivity index (χ1) is 20.7. The quantitative estimate of drug-likeness (QED) is 0.253. The van der Waals surface area contributed by atoms with Gasteiger partial charge >= 0.3 is 5.97 Å². The molecule has 43 heavy (non-hydrogen) atoms. The lowest BCUT2D eigenvalue weighted by Crippen LogP contribution is -2.40. The largest absolute Gasteiger partial charge is 0.478 e. The summed E-state index contributed by atoms with van der Waals surface area (Å²) >= 11 is 7.52. The molecule has 2 N–H and O–H groups in total. The van der Waals surface area contributed by atoms with Gasteiger partial charge in [0.2, 0.25) is 0 Å². The second-order valence-electron chi connectivity index (χ2n) is 10.0. The molecule has 0 bridgehead atoms. The molecule has 0 saturated heterocycles. The van der Waals surface area contributed by atoms with Crippen LogP contribution < -0.4 is 20.2 Å². The summed E-state index contributed by atoms with van der Waals surface area (Å²) in [6, 6.07) is 23.9. The number of aryl methyl sites for hydroxylation is 1. The van der Waals surface area contributed by atoms with Crippen LogP contribution in [0.1, 0.15) is 40.2 Å². The molecule has 214 valence electrons. The summed E-state index contributed by atoms with van der Waals surface area (Å²) in [6.45, 7) is 3.74. The Morgan fingerprint density at radius 3 is 2.49 bits per heavy atom. The maximum absolute atomic E-state index is 14.0. The summed E-state index contributed by atoms with van der Waals surface area (Å²) in [5.74, 6) is -0.688. The Labute approximate surface area is 254 Å². The lowest BCUT2D eigenvalue weighted by atomic mass is 9.94. The van der Waals surface area contributed by atoms with Crippen molar-refractivity contribution in [1.82, 2.24) is 4.57 Å². The van der Waals surface area contributed by atoms with Crippen molar-refractivity contribution in [3.63, 3.8) is 0 Å². The smallest absolute Gasteiger partial charge is 0.335 e. The summed E-state index contributed by atoms with van der Waals surface area (Å²) in [7, 11) is 0. The highest BCUT2D eigenvalue weighted by atomic mass is 35.5. The maximum Gasteiger partial charge on any atom is 0.335 e. The molecule has 6 rings (SSSR count). The Morgan fingerprint density at radius 1 is 1.02 bits per heavy atom. The standard InChI is InChI=1S/C33H24ClN3O5S/c1-18-8-10-20(11-9-18)29-28(30(38)36-22-6-4-3-5-7-22)19(2)35-33-37(29)31(39)27(43-33)17-23-13-15-26(42-23)24-16-21(32(40)41)12-14-25(24)34/h3-17,29H,1-2H3,(H,36,38)(H,40,41)/b27-17-/t29-/m1/s1. The van der Waals surface area contributed by atoms with Crippen molar-refractivity contribution in [2.45, 2.75) is 19.9 Å². The third-order valence-corrected chi connectivity index (χ3v) is 8.38. The van der Waals surface area contributed by atoms with Gasteiger partial charge in [-0.05, 0) is 61.9 Å². The number of halogens is 1. The molecule has 0 saturated carbocycles. The number of nitrogens with zero attached hydrogens (tertiary/aromatic N) is 2. The number of allylic oxidation sites excluding steroid dienone is 1. The number of aromatic carboxylic acids is 1. The second kappa shape index (κ2) is 11.4. The number of thiazole rings is 1. The third kappa shape index (κ3) is 5.48. The number of carbonyl (C=O) groups excluding carboxylic acids is 1. The summed E-state index contributed by atoms with van der Waals surface area (Å²) in [4.78, 5) is 44.2. The number of nitrogens with one attached hydrogen (secondary N) is 1. The molecule has 0 unspecified atom stereocenters. The van der Waals surface area contributed by atoms with Gasteiger partial charge in [-0.2, -0.15) is 0 Å². The van der Waals surface area contributed by atoms with E-state index >= 15 is 0 Å². The van der Waals surface area contributed by atoms with Gasteiger partial charge in [-0.1, -0.05) is 71.0 Å². The number of carbonyl (C=O) groups is 2. The van der Waals surface area contributed by atoms with Gasteiger partial charge in [-0.25, -0.2) is 9.79 Å². The van der Waals surface area contributed by atoms with E-state index in [0.717, 1.165) is 11.1 Å². The number of rotatable bonds is 6. The molecule has 0 aliphatic carbocycles. The van der Waals surface area contributed by atoms with Crippen molar-refractivity contribution in [2.75, 3.05) is 5.32 Å². The van der Waals surface area contributed by atoms with E-state index in [1.165, 1.54) is 29.5 Å². The van der Waals surface area contributed by atoms with Gasteiger partial charge in [0.25, 0.3) is 11.5 Å². The number of carboxylic acid groups (broad SMARTS) is 1. The zero-order valence-corrected chi connectivity index (χ0v) is 24.6. The van der Waals surface area contributed by atoms with E-state index in [0.29, 0.717) is 48.4 Å². The van der Waals surface area contributed by atoms with Crippen LogP contribution in [0.15, 0.2) is 110 Å². The minimum Gasteiger partial charge on any atom is -0.478 e. The Balaban J connectivity index is 1.44. The minimum atomic E-state index is -1.08. The summed E-state index contributed by atoms with van der Waals surface area (Å²) in [5, 5.41) is 12.6. The van der Waals surface area contributed by atoms with E-state index in [1.807, 2.05) is 49.4 Å². The zero-order valence-electron chi connectivity index (χ0n) is 23.0. The van der Waals surface area contributed by atoms with E-state index in [1.54, 1.807) is 41.8 Å². The van der Waals surface area contributed by atoms with Gasteiger partial charge in [-0.15, -0.1) is 0 Å². The number of furan rings is 1. The Kier molecular flexibility index (Phi) is 7.43. The van der Waals surface area contributed by atoms with Crippen molar-refractivity contribution < 1.29 is 19.1 Å². The Morgan fingerprint density at radius 2 is 1.77 bits per heavy atom. The minimum absolute atomic E-state index is 0.0734. The molecule has 2 aromatic heterocycles. The average molecular weight is 610 g/mol. The molecule has 0 spiro atoms. The van der Waals surface area contributed by atoms with Crippen LogP contribution in [0.25, 0.3) is 17.4 Å². The van der Waals surface area contributed by atoms with Crippen LogP contribution in [0.2, 0.25) is 5.02 Å². The van der Waals surface area contributed by atoms with Crippen molar-refractivity contribution in [3.8, 4) is 11.3 Å². The topological polar surface area (TPSA) is 114 Å². The number of aromatic nitrogens is 1. The fourth-order valence-electron chi connectivity index (χ4n) is 4.95. The van der Waals surface area contributed by atoms with Crippen LogP contribution in [0.4, 0.5) is 5.69 Å². The lowest BCUT2D eigenvalue weighted by molar-refractivity contribution is -0.113. The monoisotopic (exact) mass is 609 g/mol. The normalized spacial score (nSPS) is 14.8. The molecule has 10 heteroatoms. The van der Waals surface area contributed by atoms with Gasteiger partial charge in [0.15, 0.2) is 4.80 Å². The van der Waals surface area contributed by atoms with Crippen molar-refractivity contribution in [2.24, 2.45) is 4.99 Å². The van der Waals surface area contributed by atoms with Crippen molar-refractivity contribution in [3.05, 3.63) is 143 Å². The highest BCUT2D eigenvalue weighted by Crippen LogP contribution is 2.32. The number of para-hydroxylation sites is 1. The SMILES string of the molecule is CC1=C(C(=O)Nc2ccccc2)[C@@H](c2ccc(C)cc2)n2c(s/c(=C\c3ccc(-c4cc(C(=O)O)ccc4Cl)o3)c2=O)=N1. The van der Waals surface area contributed by atoms with Crippen molar-refractivity contribution in [1.29, 1.82) is 0 Å². The fourth-order valence-corrected chi connectivity index (χ4v) is 6.18. The Bertz CT molecular complexity index is 2110. The van der Waals surface area contributed by atoms with Crippen LogP contribution in [-0.4, -0.2) is 21.6 Å². The summed E-state index contributed by atoms with van der Waals surface area (Å²) < 4.78 is 7.88. The predicted octanol–water partition coefficient (Wildman–Crippen LogP) is 5.79. The van der Waals surface area contributed by atoms with Gasteiger partial charge in [-0.3, -0.25) is 14.2 Å². The molecule has 1 amide bonds. The number of amides is 1. The van der Waals surface area contributed by atoms with E-state index in [9.17, 15) is 19.5 Å². The fraction of sp³-hybridized carbons (Fsp3) is 0.0909. The number of anilines is 1. The van der Waals surface area contributed by atoms with Crippen LogP contribution in [0, 0.1) is 6.92 Å². The van der Waals surface area contributed by atoms with Gasteiger partial charge in [0, 0.05) is 17.3 Å². The van der Waals surface area contributed by atoms with E-state index in [2.05, 4.69) is 10.3 Å². The van der Waals surface area contributed by atoms with Crippen LogP contribution in [0.3, 0.4) is 0 Å². The molecule has 1 atom stereocenters. The van der Waals surface area contributed by atoms with E-state index < -0.39 is 12.0 Å². The first kappa shape index (κ1) is 28.1. The second-order valence-corrected chi connectivity index (χ2v) is 11.4. The van der Waals surface area contributed by atoms with E-state index in [4.69, 9.17) is 16.0 Å². The van der Waals surface area contributed by atoms with Crippen molar-refractivity contribution >= 4 is 46.6 Å². The number of carboxylic acids is 1. The number of fused-ring (bicyclic) bond motifs is 1. The number of hydrogen-bond donors (Lipinski definition) is 2. The number of benzene rings is 3. The molecule has 1 aliphatic heterocycles. The lowest BCUT2D eigenvalue weighted by Gasteiger charge is -2.25. The van der Waals surface area contributed by atoms with Gasteiger partial charge in [0.05, 0.1) is 32.4 Å². The zero-order chi connectivity index (χ0) is 30.2. The summed E-state index contributed by atoms with van der Waals surface area (Å²) in [6.07, 6.45) is 1.61. The van der Waals surface area contributed by atoms with Crippen LogP contribution in [-0.2, 0) is 4.79 Å². The molecule has 3 aromatic carbocycles. The molecule has 0 radical (unpaired) electrons. The van der Waals surface area contributed by atoms with Crippen LogP contribution >= 0.6 is 22.9 Å². The maximum atomic E-state index is 14.0. The molecule has 1 aliphatic rings. The summed E-state index contributed by atoms with van der Waals surface area (Å²) in [5.41, 5.74) is 3.52. The molecule has 5 aromatic rings. The van der Waals surface area contributed by atoms with Gasteiger partial charge in [0.1, 0.15) is 11.5 Å². The Hall–Kier alpha value is -4.99. The first-order valence-corrected chi connectivity index (χ1v) is 14.5. The first-order valence-electron chi connectivity index (χ1n) is 13.3. The number of hydrogen-bond acceptors (Lipinski definition) is 6. The van der Waals surface area contributed by atoms with Gasteiger partial charge < -0.3 is 14.8 Å². The molecule has 8 nitrogen and oxygen atoms in total. The third-order valence-electron chi connectivity index (χ3n) is 7.07. The highest BCUT2D eigenvalue weighted by Gasteiger charge is 2.32. The molecular weight excluding hydrogens is 586 g/mol. The molecular formula is C33H24ClN3O5S. The molecule has 0 fully saturated rings. The molecule has 3 heterocycles. The van der Waals surface area contributed by atoms with E-state index in [-0.39, 0.29) is 17.0 Å². The predicted molar refractivity (Wildman–Crippen MR) is 166 cm³/mol. The highest BCUT2D eigenvalue weighted by molar-refractivity contribution is 7.07. The average Bonchev–Trinajstić information content (AvgIpc) is 3.57. The van der Waals surface area contributed by atoms with Crippen LogP contribution in [0.5, 0.6) is 0 Å².